The van der Waals surface area contributed by atoms with Gasteiger partial charge in [-0.05, 0) is 35.9 Å². The minimum Gasteiger partial charge on any atom is -0.392 e. The van der Waals surface area contributed by atoms with E-state index in [1.807, 2.05) is 36.4 Å². The van der Waals surface area contributed by atoms with Gasteiger partial charge in [0, 0.05) is 14.8 Å². The Morgan fingerprint density at radius 2 is 1.88 bits per heavy atom. The Morgan fingerprint density at radius 1 is 1.12 bits per heavy atom. The standard InChI is InChI=1S/C13H11ClOS/c14-11-5-3-10(4-6-11)13-8-7-12(16-13)2-1-9-15/h1-8,15H,9H2. The molecule has 0 unspecified atom stereocenters. The second-order valence-electron chi connectivity index (χ2n) is 3.29. The maximum Gasteiger partial charge on any atom is 0.0615 e. The quantitative estimate of drug-likeness (QED) is 0.871. The summed E-state index contributed by atoms with van der Waals surface area (Å²) in [7, 11) is 0. The molecule has 0 saturated heterocycles. The van der Waals surface area contributed by atoms with E-state index in [2.05, 4.69) is 6.07 Å². The first-order chi connectivity index (χ1) is 7.79. The van der Waals surface area contributed by atoms with Gasteiger partial charge >= 0.3 is 0 Å². The molecule has 1 nitrogen and oxygen atoms in total. The van der Waals surface area contributed by atoms with Gasteiger partial charge in [0.25, 0.3) is 0 Å². The highest BCUT2D eigenvalue weighted by Gasteiger charge is 2.00. The summed E-state index contributed by atoms with van der Waals surface area (Å²) in [5.74, 6) is 0. The van der Waals surface area contributed by atoms with Crippen LogP contribution in [0.15, 0.2) is 42.5 Å². The fraction of sp³-hybridized carbons (Fsp3) is 0.0769. The van der Waals surface area contributed by atoms with Crippen molar-refractivity contribution < 1.29 is 5.11 Å². The van der Waals surface area contributed by atoms with E-state index in [0.29, 0.717) is 0 Å². The van der Waals surface area contributed by atoms with E-state index in [9.17, 15) is 0 Å². The third-order valence-corrected chi connectivity index (χ3v) is 3.49. The molecular formula is C13H11ClOS. The summed E-state index contributed by atoms with van der Waals surface area (Å²) in [4.78, 5) is 2.34. The van der Waals surface area contributed by atoms with E-state index in [0.717, 1.165) is 15.5 Å². The number of rotatable bonds is 3. The Morgan fingerprint density at radius 3 is 2.56 bits per heavy atom. The predicted molar refractivity (Wildman–Crippen MR) is 70.9 cm³/mol. The molecule has 1 aromatic heterocycles. The predicted octanol–water partition coefficient (Wildman–Crippen LogP) is 4.07. The number of hydrogen-bond acceptors (Lipinski definition) is 2. The molecule has 3 heteroatoms. The van der Waals surface area contributed by atoms with Crippen LogP contribution < -0.4 is 0 Å². The van der Waals surface area contributed by atoms with E-state index >= 15 is 0 Å². The highest BCUT2D eigenvalue weighted by Crippen LogP contribution is 2.29. The lowest BCUT2D eigenvalue weighted by Gasteiger charge is -1.96. The van der Waals surface area contributed by atoms with Crippen molar-refractivity contribution in [3.63, 3.8) is 0 Å². The van der Waals surface area contributed by atoms with Gasteiger partial charge in [0.1, 0.15) is 0 Å². The van der Waals surface area contributed by atoms with Crippen molar-refractivity contribution in [1.29, 1.82) is 0 Å². The lowest BCUT2D eigenvalue weighted by Crippen LogP contribution is -1.70. The molecule has 0 aliphatic heterocycles. The summed E-state index contributed by atoms with van der Waals surface area (Å²) in [5.41, 5.74) is 1.16. The van der Waals surface area contributed by atoms with Crippen LogP contribution in [0.1, 0.15) is 4.88 Å². The van der Waals surface area contributed by atoms with Gasteiger partial charge in [0.2, 0.25) is 0 Å². The Labute approximate surface area is 104 Å². The molecule has 82 valence electrons. The molecule has 0 bridgehead atoms. The van der Waals surface area contributed by atoms with Crippen LogP contribution in [0.25, 0.3) is 16.5 Å². The zero-order chi connectivity index (χ0) is 11.4. The minimum atomic E-state index is 0.0776. The molecule has 0 atom stereocenters. The molecule has 0 spiro atoms. The summed E-state index contributed by atoms with van der Waals surface area (Å²) < 4.78 is 0. The molecule has 1 N–H and O–H groups in total. The Hall–Kier alpha value is -1.09. The van der Waals surface area contributed by atoms with Gasteiger partial charge in [0.05, 0.1) is 6.61 Å². The van der Waals surface area contributed by atoms with Gasteiger partial charge in [-0.1, -0.05) is 29.8 Å². The molecule has 0 aliphatic rings. The summed E-state index contributed by atoms with van der Waals surface area (Å²) in [6.07, 6.45) is 3.65. The highest BCUT2D eigenvalue weighted by molar-refractivity contribution is 7.16. The van der Waals surface area contributed by atoms with Gasteiger partial charge in [-0.3, -0.25) is 0 Å². The Bertz CT molecular complexity index is 485. The Balaban J connectivity index is 2.24. The SMILES string of the molecule is OCC=Cc1ccc(-c2ccc(Cl)cc2)s1. The van der Waals surface area contributed by atoms with Crippen LogP contribution >= 0.6 is 22.9 Å². The minimum absolute atomic E-state index is 0.0776. The largest absolute Gasteiger partial charge is 0.392 e. The molecule has 2 rings (SSSR count). The van der Waals surface area contributed by atoms with Crippen molar-refractivity contribution >= 4 is 29.0 Å². The molecular weight excluding hydrogens is 240 g/mol. The molecule has 0 aliphatic carbocycles. The first kappa shape index (κ1) is 11.4. The van der Waals surface area contributed by atoms with Crippen LogP contribution in [-0.2, 0) is 0 Å². The molecule has 2 aromatic rings. The van der Waals surface area contributed by atoms with Gasteiger partial charge in [-0.15, -0.1) is 11.3 Å². The van der Waals surface area contributed by atoms with Gasteiger partial charge in [0.15, 0.2) is 0 Å². The average Bonchev–Trinajstić information content (AvgIpc) is 2.76. The van der Waals surface area contributed by atoms with Crippen LogP contribution in [0, 0.1) is 0 Å². The van der Waals surface area contributed by atoms with E-state index in [1.54, 1.807) is 17.4 Å². The van der Waals surface area contributed by atoms with Gasteiger partial charge in [-0.2, -0.15) is 0 Å². The van der Waals surface area contributed by atoms with Gasteiger partial charge < -0.3 is 5.11 Å². The summed E-state index contributed by atoms with van der Waals surface area (Å²) in [6.45, 7) is 0.0776. The second-order valence-corrected chi connectivity index (χ2v) is 4.85. The van der Waals surface area contributed by atoms with Crippen molar-refractivity contribution in [2.45, 2.75) is 0 Å². The third kappa shape index (κ3) is 2.73. The number of aliphatic hydroxyl groups excluding tert-OH is 1. The molecule has 0 fully saturated rings. The van der Waals surface area contributed by atoms with Crippen molar-refractivity contribution in [3.05, 3.63) is 52.4 Å². The second kappa shape index (κ2) is 5.30. The molecule has 0 saturated carbocycles. The van der Waals surface area contributed by atoms with Crippen LogP contribution in [0.4, 0.5) is 0 Å². The van der Waals surface area contributed by atoms with E-state index < -0.39 is 0 Å². The smallest absolute Gasteiger partial charge is 0.0615 e. The highest BCUT2D eigenvalue weighted by atomic mass is 35.5. The summed E-state index contributed by atoms with van der Waals surface area (Å²) in [5, 5.41) is 9.44. The van der Waals surface area contributed by atoms with Crippen molar-refractivity contribution in [1.82, 2.24) is 0 Å². The van der Waals surface area contributed by atoms with Crippen molar-refractivity contribution in [3.8, 4) is 10.4 Å². The lowest BCUT2D eigenvalue weighted by atomic mass is 10.2. The van der Waals surface area contributed by atoms with Crippen molar-refractivity contribution in [2.75, 3.05) is 6.61 Å². The molecule has 16 heavy (non-hydrogen) atoms. The van der Waals surface area contributed by atoms with Crippen molar-refractivity contribution in [2.24, 2.45) is 0 Å². The summed E-state index contributed by atoms with van der Waals surface area (Å²) in [6, 6.07) is 11.9. The molecule has 0 radical (unpaired) electrons. The maximum atomic E-state index is 8.69. The summed E-state index contributed by atoms with van der Waals surface area (Å²) >= 11 is 7.53. The normalized spacial score (nSPS) is 11.1. The van der Waals surface area contributed by atoms with Crippen LogP contribution in [-0.4, -0.2) is 11.7 Å². The zero-order valence-electron chi connectivity index (χ0n) is 8.56. The number of benzene rings is 1. The van der Waals surface area contributed by atoms with E-state index in [4.69, 9.17) is 16.7 Å². The molecule has 1 heterocycles. The van der Waals surface area contributed by atoms with Crippen LogP contribution in [0.2, 0.25) is 5.02 Å². The van der Waals surface area contributed by atoms with E-state index in [-0.39, 0.29) is 6.61 Å². The number of halogens is 1. The Kier molecular flexibility index (Phi) is 3.78. The molecule has 1 aromatic carbocycles. The van der Waals surface area contributed by atoms with Crippen LogP contribution in [0.3, 0.4) is 0 Å². The maximum absolute atomic E-state index is 8.69. The lowest BCUT2D eigenvalue weighted by molar-refractivity contribution is 0.343. The van der Waals surface area contributed by atoms with E-state index in [1.165, 1.54) is 4.88 Å². The fourth-order valence-electron chi connectivity index (χ4n) is 1.38. The third-order valence-electron chi connectivity index (χ3n) is 2.14. The first-order valence-corrected chi connectivity index (χ1v) is 6.12. The number of aliphatic hydroxyl groups is 1. The molecule has 0 amide bonds. The number of hydrogen-bond donors (Lipinski definition) is 1. The topological polar surface area (TPSA) is 20.2 Å². The average molecular weight is 251 g/mol. The monoisotopic (exact) mass is 250 g/mol. The first-order valence-electron chi connectivity index (χ1n) is 4.93. The zero-order valence-corrected chi connectivity index (χ0v) is 10.1. The van der Waals surface area contributed by atoms with Crippen LogP contribution in [0.5, 0.6) is 0 Å². The fourth-order valence-corrected chi connectivity index (χ4v) is 2.45. The number of thiophene rings is 1. The van der Waals surface area contributed by atoms with Gasteiger partial charge in [-0.25, -0.2) is 0 Å².